The first-order chi connectivity index (χ1) is 20.1. The average molecular weight is 525 g/mol. The Morgan fingerprint density at radius 1 is 0.439 bits per heavy atom. The van der Waals surface area contributed by atoms with Gasteiger partial charge < -0.3 is 9.13 Å². The van der Waals surface area contributed by atoms with Crippen molar-refractivity contribution in [2.24, 2.45) is 0 Å². The third kappa shape index (κ3) is 2.92. The van der Waals surface area contributed by atoms with Crippen molar-refractivity contribution in [3.8, 4) is 22.5 Å². The molecule has 0 saturated heterocycles. The molecular formula is C39H28N2. The Labute approximate surface area is 238 Å². The molecule has 0 atom stereocenters. The van der Waals surface area contributed by atoms with Crippen LogP contribution in [-0.4, -0.2) is 9.13 Å². The Bertz CT molecular complexity index is 2330. The largest absolute Gasteiger partial charge is 0.309 e. The van der Waals surface area contributed by atoms with Crippen molar-refractivity contribution in [1.29, 1.82) is 0 Å². The Morgan fingerprint density at radius 3 is 1.85 bits per heavy atom. The van der Waals surface area contributed by atoms with Gasteiger partial charge in [-0.15, -0.1) is 0 Å². The maximum atomic E-state index is 2.52. The molecule has 0 aliphatic heterocycles. The van der Waals surface area contributed by atoms with Gasteiger partial charge in [0.2, 0.25) is 0 Å². The third-order valence-corrected chi connectivity index (χ3v) is 9.28. The van der Waals surface area contributed by atoms with Crippen molar-refractivity contribution in [2.75, 3.05) is 0 Å². The second-order valence-corrected chi connectivity index (χ2v) is 11.8. The lowest BCUT2D eigenvalue weighted by Gasteiger charge is -2.23. The van der Waals surface area contributed by atoms with Gasteiger partial charge >= 0.3 is 0 Å². The number of aromatic nitrogens is 2. The molecule has 0 unspecified atom stereocenters. The Kier molecular flexibility index (Phi) is 4.42. The lowest BCUT2D eigenvalue weighted by atomic mass is 9.81. The molecule has 1 aliphatic carbocycles. The fourth-order valence-corrected chi connectivity index (χ4v) is 7.53. The van der Waals surface area contributed by atoms with Gasteiger partial charge in [0.05, 0.1) is 22.1 Å². The van der Waals surface area contributed by atoms with Crippen molar-refractivity contribution >= 4 is 43.6 Å². The van der Waals surface area contributed by atoms with Gasteiger partial charge in [0.15, 0.2) is 0 Å². The zero-order valence-corrected chi connectivity index (χ0v) is 23.1. The second kappa shape index (κ2) is 7.99. The number of rotatable bonds is 2. The van der Waals surface area contributed by atoms with Gasteiger partial charge in [-0.25, -0.2) is 0 Å². The lowest BCUT2D eigenvalue weighted by molar-refractivity contribution is 0.664. The van der Waals surface area contributed by atoms with E-state index in [-0.39, 0.29) is 5.41 Å². The number of hydrogen-bond donors (Lipinski definition) is 0. The average Bonchev–Trinajstić information content (AvgIpc) is 3.61. The maximum absolute atomic E-state index is 2.52. The summed E-state index contributed by atoms with van der Waals surface area (Å²) in [6, 6.07) is 49.0. The third-order valence-electron chi connectivity index (χ3n) is 9.28. The molecule has 8 aromatic rings. The number of para-hydroxylation sites is 3. The van der Waals surface area contributed by atoms with E-state index in [1.807, 2.05) is 0 Å². The van der Waals surface area contributed by atoms with Gasteiger partial charge in [-0.3, -0.25) is 0 Å². The first-order valence-electron chi connectivity index (χ1n) is 14.4. The van der Waals surface area contributed by atoms with Crippen molar-refractivity contribution in [2.45, 2.75) is 19.3 Å². The summed E-state index contributed by atoms with van der Waals surface area (Å²) in [7, 11) is 0. The van der Waals surface area contributed by atoms with E-state index >= 15 is 0 Å². The Morgan fingerprint density at radius 2 is 1.05 bits per heavy atom. The molecule has 9 rings (SSSR count). The molecule has 0 radical (unpaired) electrons. The molecule has 0 saturated carbocycles. The summed E-state index contributed by atoms with van der Waals surface area (Å²) in [6.07, 6.45) is 0. The van der Waals surface area contributed by atoms with Crippen LogP contribution in [0.5, 0.6) is 0 Å². The van der Waals surface area contributed by atoms with Crippen LogP contribution < -0.4 is 0 Å². The van der Waals surface area contributed by atoms with E-state index in [1.54, 1.807) is 0 Å². The second-order valence-electron chi connectivity index (χ2n) is 11.8. The standard InChI is InChI=1S/C39H28N2/c1-39(2)33-17-9-6-14-27(33)31-22-23-32-29-16-8-11-19-35(29)41(38(32)37(31)39)26-20-21-30-28-15-7-10-18-34(28)40(36(30)24-26)25-12-4-3-5-13-25/h3-24H,1-2H3. The minimum Gasteiger partial charge on any atom is -0.309 e. The first kappa shape index (κ1) is 22.7. The van der Waals surface area contributed by atoms with Crippen LogP contribution in [0.4, 0.5) is 0 Å². The van der Waals surface area contributed by atoms with E-state index in [0.29, 0.717) is 0 Å². The number of hydrogen-bond acceptors (Lipinski definition) is 0. The minimum absolute atomic E-state index is 0.111. The molecule has 2 nitrogen and oxygen atoms in total. The molecule has 2 heterocycles. The van der Waals surface area contributed by atoms with Gasteiger partial charge in [0, 0.05) is 38.3 Å². The van der Waals surface area contributed by atoms with Crippen LogP contribution in [-0.2, 0) is 5.41 Å². The molecule has 6 aromatic carbocycles. The predicted octanol–water partition coefficient (Wildman–Crippen LogP) is 10.2. The predicted molar refractivity (Wildman–Crippen MR) is 173 cm³/mol. The molecule has 0 fully saturated rings. The highest BCUT2D eigenvalue weighted by Gasteiger charge is 2.38. The van der Waals surface area contributed by atoms with Crippen LogP contribution in [0.3, 0.4) is 0 Å². The van der Waals surface area contributed by atoms with Crippen LogP contribution >= 0.6 is 0 Å². The minimum atomic E-state index is -0.111. The summed E-state index contributed by atoms with van der Waals surface area (Å²) in [5.74, 6) is 0. The Balaban J connectivity index is 1.43. The highest BCUT2D eigenvalue weighted by molar-refractivity contribution is 6.14. The Hall–Kier alpha value is -5.08. The summed E-state index contributed by atoms with van der Waals surface area (Å²) >= 11 is 0. The van der Waals surface area contributed by atoms with E-state index in [0.717, 1.165) is 0 Å². The zero-order valence-electron chi connectivity index (χ0n) is 23.1. The number of nitrogens with zero attached hydrogens (tertiary/aromatic N) is 2. The smallest absolute Gasteiger partial charge is 0.0588 e. The molecule has 0 bridgehead atoms. The summed E-state index contributed by atoms with van der Waals surface area (Å²) in [5.41, 5.74) is 12.8. The van der Waals surface area contributed by atoms with Gasteiger partial charge in [-0.05, 0) is 58.7 Å². The van der Waals surface area contributed by atoms with E-state index in [2.05, 4.69) is 156 Å². The molecule has 0 N–H and O–H groups in total. The van der Waals surface area contributed by atoms with Gasteiger partial charge in [0.25, 0.3) is 0 Å². The first-order valence-corrected chi connectivity index (χ1v) is 14.4. The van der Waals surface area contributed by atoms with E-state index in [4.69, 9.17) is 0 Å². The van der Waals surface area contributed by atoms with Crippen LogP contribution in [0, 0.1) is 0 Å². The molecule has 1 aliphatic rings. The summed E-state index contributed by atoms with van der Waals surface area (Å²) in [4.78, 5) is 0. The van der Waals surface area contributed by atoms with Crippen LogP contribution in [0.2, 0.25) is 0 Å². The number of benzene rings is 6. The van der Waals surface area contributed by atoms with E-state index in [9.17, 15) is 0 Å². The van der Waals surface area contributed by atoms with Crippen molar-refractivity contribution in [1.82, 2.24) is 9.13 Å². The normalized spacial score (nSPS) is 13.8. The van der Waals surface area contributed by atoms with Crippen LogP contribution in [0.15, 0.2) is 133 Å². The van der Waals surface area contributed by atoms with Crippen LogP contribution in [0.25, 0.3) is 66.1 Å². The van der Waals surface area contributed by atoms with Crippen LogP contribution in [0.1, 0.15) is 25.0 Å². The summed E-state index contributed by atoms with van der Waals surface area (Å²) in [6.45, 7) is 4.77. The monoisotopic (exact) mass is 524 g/mol. The molecule has 194 valence electrons. The highest BCUT2D eigenvalue weighted by atomic mass is 15.0. The molecule has 0 amide bonds. The zero-order chi connectivity index (χ0) is 27.3. The molecular weight excluding hydrogens is 496 g/mol. The van der Waals surface area contributed by atoms with E-state index < -0.39 is 0 Å². The van der Waals surface area contributed by atoms with Crippen molar-refractivity contribution < 1.29 is 0 Å². The fraction of sp³-hybridized carbons (Fsp3) is 0.0769. The molecule has 2 aromatic heterocycles. The van der Waals surface area contributed by atoms with Gasteiger partial charge in [0.1, 0.15) is 0 Å². The van der Waals surface area contributed by atoms with Gasteiger partial charge in [-0.1, -0.05) is 111 Å². The number of fused-ring (bicyclic) bond motifs is 10. The lowest BCUT2D eigenvalue weighted by Crippen LogP contribution is -2.16. The molecule has 0 spiro atoms. The quantitative estimate of drug-likeness (QED) is 0.213. The molecule has 41 heavy (non-hydrogen) atoms. The topological polar surface area (TPSA) is 9.86 Å². The fourth-order valence-electron chi connectivity index (χ4n) is 7.53. The maximum Gasteiger partial charge on any atom is 0.0588 e. The summed E-state index contributed by atoms with van der Waals surface area (Å²) < 4.78 is 4.93. The highest BCUT2D eigenvalue weighted by Crippen LogP contribution is 2.53. The summed E-state index contributed by atoms with van der Waals surface area (Å²) in [5, 5.41) is 5.15. The SMILES string of the molecule is CC1(C)c2ccccc2-c2ccc3c4ccccc4n(-c4ccc5c6ccccc6n(-c6ccccc6)c5c4)c3c21. The van der Waals surface area contributed by atoms with Gasteiger partial charge in [-0.2, -0.15) is 0 Å². The van der Waals surface area contributed by atoms with Crippen molar-refractivity contribution in [3.05, 3.63) is 145 Å². The van der Waals surface area contributed by atoms with E-state index in [1.165, 1.54) is 77.2 Å². The molecule has 2 heteroatoms. The van der Waals surface area contributed by atoms with Crippen molar-refractivity contribution in [3.63, 3.8) is 0 Å².